The summed E-state index contributed by atoms with van der Waals surface area (Å²) < 4.78 is 37.4. The Bertz CT molecular complexity index is 325. The number of nitrogens with one attached hydrogen (secondary N) is 1. The number of amides is 1. The van der Waals surface area contributed by atoms with Crippen LogP contribution >= 0.6 is 12.2 Å². The molecule has 0 saturated heterocycles. The molecule has 0 aliphatic heterocycles. The Morgan fingerprint density at radius 2 is 1.84 bits per heavy atom. The minimum absolute atomic E-state index is 0.0501. The zero-order chi connectivity index (χ0) is 14.5. The van der Waals surface area contributed by atoms with Crippen molar-refractivity contribution in [3.8, 4) is 0 Å². The van der Waals surface area contributed by atoms with E-state index in [0.29, 0.717) is 37.2 Å². The van der Waals surface area contributed by atoms with Crippen LogP contribution in [0.5, 0.6) is 0 Å². The summed E-state index contributed by atoms with van der Waals surface area (Å²) in [6, 6.07) is 0. The van der Waals surface area contributed by atoms with E-state index in [4.69, 9.17) is 18.0 Å². The quantitative estimate of drug-likeness (QED) is 0.605. The molecule has 0 atom stereocenters. The second kappa shape index (κ2) is 7.07. The van der Waals surface area contributed by atoms with Crippen molar-refractivity contribution in [1.82, 2.24) is 5.32 Å². The molecule has 19 heavy (non-hydrogen) atoms. The third kappa shape index (κ3) is 5.76. The number of alkyl halides is 3. The maximum atomic E-state index is 12.5. The van der Waals surface area contributed by atoms with Gasteiger partial charge in [-0.3, -0.25) is 4.79 Å². The maximum Gasteiger partial charge on any atom is 0.391 e. The minimum Gasteiger partial charge on any atom is -0.393 e. The molecular formula is C12H19F3N2OS. The first-order valence-electron chi connectivity index (χ1n) is 6.43. The van der Waals surface area contributed by atoms with Crippen LogP contribution in [0.2, 0.25) is 0 Å². The molecule has 1 fully saturated rings. The summed E-state index contributed by atoms with van der Waals surface area (Å²) in [5, 5.41) is 2.73. The molecule has 0 bridgehead atoms. The van der Waals surface area contributed by atoms with Gasteiger partial charge in [-0.05, 0) is 38.5 Å². The van der Waals surface area contributed by atoms with Crippen LogP contribution in [0.25, 0.3) is 0 Å². The van der Waals surface area contributed by atoms with Gasteiger partial charge in [0, 0.05) is 12.5 Å². The molecular weight excluding hydrogens is 277 g/mol. The van der Waals surface area contributed by atoms with Crippen LogP contribution in [0.1, 0.15) is 38.5 Å². The lowest BCUT2D eigenvalue weighted by Crippen LogP contribution is -2.36. The lowest BCUT2D eigenvalue weighted by atomic mass is 9.81. The van der Waals surface area contributed by atoms with E-state index in [1.165, 1.54) is 0 Å². The van der Waals surface area contributed by atoms with Crippen LogP contribution in [-0.4, -0.2) is 23.6 Å². The van der Waals surface area contributed by atoms with Crippen molar-refractivity contribution >= 4 is 23.1 Å². The number of nitrogens with two attached hydrogens (primary N) is 1. The lowest BCUT2D eigenvalue weighted by Gasteiger charge is -2.29. The molecule has 0 unspecified atom stereocenters. The van der Waals surface area contributed by atoms with Crippen molar-refractivity contribution in [2.75, 3.05) is 6.54 Å². The summed E-state index contributed by atoms with van der Waals surface area (Å²) in [5.74, 6) is -1.68. The highest BCUT2D eigenvalue weighted by atomic mass is 32.1. The molecule has 3 nitrogen and oxygen atoms in total. The SMILES string of the molecule is NC(=S)CCCNC(=O)C1CCC(C(F)(F)F)CC1. The van der Waals surface area contributed by atoms with Gasteiger partial charge in [-0.25, -0.2) is 0 Å². The number of carbonyl (C=O) groups excluding carboxylic acids is 1. The summed E-state index contributed by atoms with van der Waals surface area (Å²) in [6.07, 6.45) is -2.17. The number of carbonyl (C=O) groups is 1. The molecule has 1 saturated carbocycles. The molecule has 7 heteroatoms. The maximum absolute atomic E-state index is 12.5. The normalized spacial score (nSPS) is 23.9. The summed E-state index contributed by atoms with van der Waals surface area (Å²) in [4.78, 5) is 12.1. The zero-order valence-electron chi connectivity index (χ0n) is 10.6. The van der Waals surface area contributed by atoms with Crippen LogP contribution < -0.4 is 11.1 Å². The Labute approximate surface area is 116 Å². The van der Waals surface area contributed by atoms with E-state index in [-0.39, 0.29) is 24.7 Å². The summed E-state index contributed by atoms with van der Waals surface area (Å²) in [5.41, 5.74) is 5.32. The highest BCUT2D eigenvalue weighted by molar-refractivity contribution is 7.80. The molecule has 1 amide bonds. The van der Waals surface area contributed by atoms with E-state index < -0.39 is 12.1 Å². The number of thiocarbonyl (C=S) groups is 1. The number of halogens is 3. The fraction of sp³-hybridized carbons (Fsp3) is 0.833. The predicted molar refractivity (Wildman–Crippen MR) is 70.5 cm³/mol. The monoisotopic (exact) mass is 296 g/mol. The molecule has 1 aliphatic carbocycles. The standard InChI is InChI=1S/C12H19F3N2OS/c13-12(14,15)9-5-3-8(4-6-9)11(18)17-7-1-2-10(16)19/h8-9H,1-7H2,(H2,16,19)(H,17,18). The molecule has 1 aliphatic rings. The van der Waals surface area contributed by atoms with Gasteiger partial charge in [0.2, 0.25) is 5.91 Å². The van der Waals surface area contributed by atoms with Crippen molar-refractivity contribution in [3.05, 3.63) is 0 Å². The van der Waals surface area contributed by atoms with Crippen molar-refractivity contribution in [3.63, 3.8) is 0 Å². The smallest absolute Gasteiger partial charge is 0.391 e. The largest absolute Gasteiger partial charge is 0.393 e. The summed E-state index contributed by atoms with van der Waals surface area (Å²) in [6.45, 7) is 0.468. The van der Waals surface area contributed by atoms with Gasteiger partial charge in [-0.1, -0.05) is 12.2 Å². The zero-order valence-corrected chi connectivity index (χ0v) is 11.4. The number of rotatable bonds is 5. The first kappa shape index (κ1) is 16.2. The fourth-order valence-electron chi connectivity index (χ4n) is 2.30. The Hall–Kier alpha value is -0.850. The minimum atomic E-state index is -4.13. The van der Waals surface area contributed by atoms with Crippen LogP contribution in [0.4, 0.5) is 13.2 Å². The molecule has 0 spiro atoms. The van der Waals surface area contributed by atoms with Gasteiger partial charge in [0.05, 0.1) is 10.9 Å². The fourth-order valence-corrected chi connectivity index (χ4v) is 2.45. The number of hydrogen-bond donors (Lipinski definition) is 2. The molecule has 0 aromatic rings. The van der Waals surface area contributed by atoms with Gasteiger partial charge < -0.3 is 11.1 Å². The van der Waals surface area contributed by atoms with Gasteiger partial charge in [0.1, 0.15) is 0 Å². The highest BCUT2D eigenvalue weighted by Gasteiger charge is 2.42. The first-order chi connectivity index (χ1) is 8.80. The third-order valence-corrected chi connectivity index (χ3v) is 3.66. The first-order valence-corrected chi connectivity index (χ1v) is 6.84. The molecule has 1 rings (SSSR count). The van der Waals surface area contributed by atoms with Gasteiger partial charge in [-0.15, -0.1) is 0 Å². The van der Waals surface area contributed by atoms with Crippen molar-refractivity contribution in [1.29, 1.82) is 0 Å². The van der Waals surface area contributed by atoms with Crippen LogP contribution in [0, 0.1) is 11.8 Å². The van der Waals surface area contributed by atoms with Crippen LogP contribution in [0.15, 0.2) is 0 Å². The summed E-state index contributed by atoms with van der Waals surface area (Å²) >= 11 is 4.71. The van der Waals surface area contributed by atoms with Crippen molar-refractivity contribution in [2.24, 2.45) is 17.6 Å². The molecule has 0 heterocycles. The van der Waals surface area contributed by atoms with Gasteiger partial charge >= 0.3 is 6.18 Å². The highest BCUT2D eigenvalue weighted by Crippen LogP contribution is 2.39. The molecule has 3 N–H and O–H groups in total. The Kier molecular flexibility index (Phi) is 6.03. The second-order valence-electron chi connectivity index (χ2n) is 4.95. The lowest BCUT2D eigenvalue weighted by molar-refractivity contribution is -0.184. The van der Waals surface area contributed by atoms with Crippen molar-refractivity contribution < 1.29 is 18.0 Å². The molecule has 0 aromatic carbocycles. The second-order valence-corrected chi connectivity index (χ2v) is 5.48. The van der Waals surface area contributed by atoms with E-state index in [2.05, 4.69) is 5.32 Å². The van der Waals surface area contributed by atoms with E-state index in [1.54, 1.807) is 0 Å². The molecule has 110 valence electrons. The summed E-state index contributed by atoms with van der Waals surface area (Å²) in [7, 11) is 0. The van der Waals surface area contributed by atoms with Gasteiger partial charge in [0.25, 0.3) is 0 Å². The Morgan fingerprint density at radius 3 is 2.32 bits per heavy atom. The van der Waals surface area contributed by atoms with Gasteiger partial charge in [-0.2, -0.15) is 13.2 Å². The molecule has 0 radical (unpaired) electrons. The van der Waals surface area contributed by atoms with E-state index in [0.717, 1.165) is 0 Å². The average Bonchev–Trinajstić information content (AvgIpc) is 2.33. The van der Waals surface area contributed by atoms with Crippen LogP contribution in [-0.2, 0) is 4.79 Å². The predicted octanol–water partition coefficient (Wildman–Crippen LogP) is 2.54. The Balaban J connectivity index is 2.23. The van der Waals surface area contributed by atoms with E-state index in [1.807, 2.05) is 0 Å². The van der Waals surface area contributed by atoms with Gasteiger partial charge in [0.15, 0.2) is 0 Å². The van der Waals surface area contributed by atoms with E-state index >= 15 is 0 Å². The van der Waals surface area contributed by atoms with Crippen LogP contribution in [0.3, 0.4) is 0 Å². The average molecular weight is 296 g/mol. The Morgan fingerprint density at radius 1 is 1.26 bits per heavy atom. The third-order valence-electron chi connectivity index (χ3n) is 3.46. The van der Waals surface area contributed by atoms with Crippen molar-refractivity contribution in [2.45, 2.75) is 44.7 Å². The topological polar surface area (TPSA) is 55.1 Å². The molecule has 0 aromatic heterocycles. The van der Waals surface area contributed by atoms with E-state index in [9.17, 15) is 18.0 Å². The number of hydrogen-bond acceptors (Lipinski definition) is 2.